The Morgan fingerprint density at radius 2 is 2.16 bits per heavy atom. The molecule has 5 nitrogen and oxygen atoms in total. The van der Waals surface area contributed by atoms with Gasteiger partial charge in [0.25, 0.3) is 0 Å². The Morgan fingerprint density at radius 3 is 2.88 bits per heavy atom. The van der Waals surface area contributed by atoms with Crippen molar-refractivity contribution in [1.29, 1.82) is 0 Å². The molecule has 1 aliphatic heterocycles. The molecule has 0 bridgehead atoms. The highest BCUT2D eigenvalue weighted by Gasteiger charge is 2.57. The van der Waals surface area contributed by atoms with Crippen LogP contribution >= 0.6 is 11.3 Å². The van der Waals surface area contributed by atoms with Crippen molar-refractivity contribution in [2.45, 2.75) is 44.7 Å². The number of piperidine rings is 1. The molecule has 4 rings (SSSR count). The zero-order chi connectivity index (χ0) is 17.1. The van der Waals surface area contributed by atoms with Crippen molar-refractivity contribution in [3.05, 3.63) is 46.7 Å². The second-order valence-corrected chi connectivity index (χ2v) is 8.08. The van der Waals surface area contributed by atoms with E-state index in [1.807, 2.05) is 29.8 Å². The molecule has 1 saturated heterocycles. The maximum absolute atomic E-state index is 13.0. The number of aromatic nitrogens is 2. The van der Waals surface area contributed by atoms with Crippen molar-refractivity contribution in [3.8, 4) is 0 Å². The van der Waals surface area contributed by atoms with Crippen LogP contribution in [0.4, 0.5) is 0 Å². The monoisotopic (exact) mass is 356 g/mol. The van der Waals surface area contributed by atoms with Gasteiger partial charge >= 0.3 is 0 Å². The number of pyridine rings is 1. The Morgan fingerprint density at radius 1 is 1.28 bits per heavy atom. The Hall–Kier alpha value is -1.79. The average Bonchev–Trinajstić information content (AvgIpc) is 3.08. The molecule has 2 aromatic heterocycles. The number of carbonyl (C=O) groups excluding carboxylic acids is 1. The molecule has 6 heteroatoms. The van der Waals surface area contributed by atoms with Crippen LogP contribution in [0.3, 0.4) is 0 Å². The summed E-state index contributed by atoms with van der Waals surface area (Å²) in [5, 5.41) is 6.45. The molecule has 25 heavy (non-hydrogen) atoms. The molecule has 2 aliphatic rings. The summed E-state index contributed by atoms with van der Waals surface area (Å²) in [6.45, 7) is 2.80. The summed E-state index contributed by atoms with van der Waals surface area (Å²) in [5.74, 6) is 0.237. The van der Waals surface area contributed by atoms with Gasteiger partial charge in [-0.2, -0.15) is 0 Å². The van der Waals surface area contributed by atoms with E-state index in [0.29, 0.717) is 30.8 Å². The van der Waals surface area contributed by atoms with Crippen LogP contribution < -0.4 is 5.32 Å². The summed E-state index contributed by atoms with van der Waals surface area (Å²) in [7, 11) is 0. The Bertz CT molecular complexity index is 697. The Labute approximate surface area is 152 Å². The van der Waals surface area contributed by atoms with Crippen molar-refractivity contribution in [1.82, 2.24) is 20.2 Å². The van der Waals surface area contributed by atoms with Gasteiger partial charge in [-0.25, -0.2) is 4.98 Å². The highest BCUT2D eigenvalue weighted by Crippen LogP contribution is 2.56. The maximum Gasteiger partial charge on any atom is 0.223 e. The van der Waals surface area contributed by atoms with Crippen LogP contribution in [0, 0.1) is 5.41 Å². The highest BCUT2D eigenvalue weighted by atomic mass is 32.1. The van der Waals surface area contributed by atoms with Crippen LogP contribution in [0.5, 0.6) is 0 Å². The van der Waals surface area contributed by atoms with E-state index in [1.54, 1.807) is 17.5 Å². The number of thiazole rings is 1. The van der Waals surface area contributed by atoms with Gasteiger partial charge in [-0.05, 0) is 56.3 Å². The van der Waals surface area contributed by atoms with E-state index >= 15 is 0 Å². The average molecular weight is 356 g/mol. The first kappa shape index (κ1) is 16.7. The zero-order valence-electron chi connectivity index (χ0n) is 14.4. The van der Waals surface area contributed by atoms with Crippen molar-refractivity contribution in [2.75, 3.05) is 13.1 Å². The summed E-state index contributed by atoms with van der Waals surface area (Å²) in [6.07, 6.45) is 8.35. The summed E-state index contributed by atoms with van der Waals surface area (Å²) in [5.41, 5.74) is 1.33. The topological polar surface area (TPSA) is 58.1 Å². The molecule has 1 atom stereocenters. The number of hydrogen-bond acceptors (Lipinski definition) is 5. The first-order chi connectivity index (χ1) is 12.3. The Balaban J connectivity index is 1.44. The third-order valence-corrected chi connectivity index (χ3v) is 6.32. The largest absolute Gasteiger partial charge is 0.332 e. The molecule has 0 aromatic carbocycles. The maximum atomic E-state index is 13.0. The summed E-state index contributed by atoms with van der Waals surface area (Å²) in [6, 6.07) is 6.26. The van der Waals surface area contributed by atoms with Crippen LogP contribution in [-0.2, 0) is 17.8 Å². The minimum Gasteiger partial charge on any atom is -0.332 e. The lowest BCUT2D eigenvalue weighted by atomic mass is 9.93. The predicted octanol–water partition coefficient (Wildman–Crippen LogP) is 2.64. The Kier molecular flexibility index (Phi) is 4.81. The fraction of sp³-hybridized carbons (Fsp3) is 0.526. The van der Waals surface area contributed by atoms with Crippen LogP contribution in [0.2, 0.25) is 0 Å². The highest BCUT2D eigenvalue weighted by molar-refractivity contribution is 7.09. The van der Waals surface area contributed by atoms with Gasteiger partial charge in [-0.3, -0.25) is 9.78 Å². The van der Waals surface area contributed by atoms with Crippen molar-refractivity contribution in [3.63, 3.8) is 0 Å². The van der Waals surface area contributed by atoms with Gasteiger partial charge in [0.2, 0.25) is 5.91 Å². The summed E-state index contributed by atoms with van der Waals surface area (Å²) < 4.78 is 0. The normalized spacial score (nSPS) is 21.2. The summed E-state index contributed by atoms with van der Waals surface area (Å²) >= 11 is 1.63. The lowest BCUT2D eigenvalue weighted by molar-refractivity contribution is -0.133. The number of carbonyl (C=O) groups is 1. The van der Waals surface area contributed by atoms with E-state index in [1.165, 1.54) is 12.8 Å². The molecule has 2 fully saturated rings. The van der Waals surface area contributed by atoms with E-state index in [-0.39, 0.29) is 5.91 Å². The van der Waals surface area contributed by atoms with Crippen molar-refractivity contribution in [2.24, 2.45) is 5.41 Å². The van der Waals surface area contributed by atoms with Gasteiger partial charge in [0.1, 0.15) is 5.01 Å². The molecular formula is C19H24N4OS. The van der Waals surface area contributed by atoms with E-state index in [4.69, 9.17) is 0 Å². The zero-order valence-corrected chi connectivity index (χ0v) is 15.2. The van der Waals surface area contributed by atoms with E-state index in [0.717, 1.165) is 30.2 Å². The quantitative estimate of drug-likeness (QED) is 0.864. The van der Waals surface area contributed by atoms with Gasteiger partial charge in [-0.1, -0.05) is 6.07 Å². The number of hydrogen-bond donors (Lipinski definition) is 1. The number of nitrogens with zero attached hydrogens (tertiary/aromatic N) is 3. The van der Waals surface area contributed by atoms with Crippen molar-refractivity contribution >= 4 is 17.2 Å². The van der Waals surface area contributed by atoms with Gasteiger partial charge in [-0.15, -0.1) is 11.3 Å². The first-order valence-electron chi connectivity index (χ1n) is 9.05. The lowest BCUT2D eigenvalue weighted by Crippen LogP contribution is -2.39. The lowest BCUT2D eigenvalue weighted by Gasteiger charge is -2.29. The van der Waals surface area contributed by atoms with E-state index in [9.17, 15) is 4.79 Å². The van der Waals surface area contributed by atoms with Crippen LogP contribution in [0.1, 0.15) is 36.4 Å². The summed E-state index contributed by atoms with van der Waals surface area (Å²) in [4.78, 5) is 23.9. The van der Waals surface area contributed by atoms with Gasteiger partial charge in [0.05, 0.1) is 6.54 Å². The smallest absolute Gasteiger partial charge is 0.223 e. The fourth-order valence-corrected chi connectivity index (χ4v) is 4.62. The minimum absolute atomic E-state index is 0.237. The second kappa shape index (κ2) is 7.22. The first-order valence-corrected chi connectivity index (χ1v) is 9.93. The third kappa shape index (κ3) is 3.75. The molecule has 0 radical (unpaired) electrons. The molecular weight excluding hydrogens is 332 g/mol. The predicted molar refractivity (Wildman–Crippen MR) is 98.2 cm³/mol. The second-order valence-electron chi connectivity index (χ2n) is 7.10. The standard InChI is InChI=1S/C19H24N4OS/c24-18(5-4-15-3-1-2-8-21-15)23(14-17-22-11-12-25-17)16-13-19(16)6-9-20-10-7-19/h1-3,8,11-12,16,20H,4-7,9-10,13-14H2. The molecule has 1 unspecified atom stereocenters. The SMILES string of the molecule is O=C(CCc1ccccn1)N(Cc1nccs1)C1CC12CCNCC2. The molecule has 1 amide bonds. The van der Waals surface area contributed by atoms with Gasteiger partial charge in [0.15, 0.2) is 0 Å². The molecule has 132 valence electrons. The number of aryl methyl sites for hydroxylation is 1. The van der Waals surface area contributed by atoms with E-state index in [2.05, 4.69) is 20.2 Å². The number of nitrogens with one attached hydrogen (secondary N) is 1. The molecule has 1 N–H and O–H groups in total. The fourth-order valence-electron chi connectivity index (χ4n) is 4.00. The number of rotatable bonds is 6. The molecule has 1 saturated carbocycles. The van der Waals surface area contributed by atoms with Gasteiger partial charge < -0.3 is 10.2 Å². The van der Waals surface area contributed by atoms with Crippen LogP contribution in [0.15, 0.2) is 36.0 Å². The third-order valence-electron chi connectivity index (χ3n) is 5.55. The van der Waals surface area contributed by atoms with Crippen LogP contribution in [-0.4, -0.2) is 39.9 Å². The molecule has 2 aromatic rings. The molecule has 1 aliphatic carbocycles. The van der Waals surface area contributed by atoms with Crippen molar-refractivity contribution < 1.29 is 4.79 Å². The van der Waals surface area contributed by atoms with E-state index < -0.39 is 0 Å². The molecule has 1 spiro atoms. The number of amides is 1. The molecule has 3 heterocycles. The minimum atomic E-state index is 0.237. The van der Waals surface area contributed by atoms with Gasteiger partial charge in [0, 0.05) is 35.9 Å². The van der Waals surface area contributed by atoms with Crippen LogP contribution in [0.25, 0.3) is 0 Å².